The molecule has 9 nitrogen and oxygen atoms in total. The summed E-state index contributed by atoms with van der Waals surface area (Å²) in [6.07, 6.45) is 0.947. The van der Waals surface area contributed by atoms with E-state index in [0.29, 0.717) is 11.3 Å². The molecule has 4 aromatic rings. The minimum atomic E-state index is -3.19. The zero-order valence-electron chi connectivity index (χ0n) is 27.7. The highest BCUT2D eigenvalue weighted by Crippen LogP contribution is 2.50. The number of β-lactam (4-membered cyclic amide) rings is 1. The standard InChI is InChI=1S/C40H39N2O7P/c1-4-25-48-39(46)38(50(31-15-9-6-10-16-31,32-17-11-7-12-18-32)33-19-13-8-14-20-33)42-34(36(28(3)43)37(42)45)27-35(44)29-21-23-30(24-22-29)41-40(47)49-26-5-2/h4-24,28,34,36,43H,1-2,25-27H2,3H3,(H,41,47)/t28-,34-,36-/m1/s1. The van der Waals surface area contributed by atoms with Crippen LogP contribution in [0.2, 0.25) is 0 Å². The molecule has 0 aromatic heterocycles. The first-order chi connectivity index (χ1) is 24.2. The molecule has 1 aliphatic heterocycles. The average Bonchev–Trinajstić information content (AvgIpc) is 3.14. The summed E-state index contributed by atoms with van der Waals surface area (Å²) in [4.78, 5) is 56.1. The van der Waals surface area contributed by atoms with Gasteiger partial charge in [0, 0.05) is 24.6 Å². The number of nitrogens with one attached hydrogen (secondary N) is 1. The van der Waals surface area contributed by atoms with E-state index in [1.165, 1.54) is 24.0 Å². The van der Waals surface area contributed by atoms with E-state index in [0.717, 1.165) is 15.9 Å². The maximum absolute atomic E-state index is 14.5. The number of nitrogens with zero attached hydrogens (tertiary/aromatic N) is 1. The van der Waals surface area contributed by atoms with Gasteiger partial charge in [-0.15, -0.1) is 0 Å². The van der Waals surface area contributed by atoms with Crippen LogP contribution in [-0.2, 0) is 19.1 Å². The lowest BCUT2D eigenvalue weighted by Gasteiger charge is -2.50. The molecule has 2 N–H and O–H groups in total. The first-order valence-corrected chi connectivity index (χ1v) is 17.9. The predicted octanol–water partition coefficient (Wildman–Crippen LogP) is 5.05. The van der Waals surface area contributed by atoms with Crippen molar-refractivity contribution in [2.45, 2.75) is 25.5 Å². The van der Waals surface area contributed by atoms with Crippen LogP contribution >= 0.6 is 6.89 Å². The Kier molecular flexibility index (Phi) is 11.6. The number of carbonyl (C=O) groups is 4. The Morgan fingerprint density at radius 1 is 0.800 bits per heavy atom. The summed E-state index contributed by atoms with van der Waals surface area (Å²) in [7, 11) is 0. The highest BCUT2D eigenvalue weighted by molar-refractivity contribution is 7.96. The second-order valence-electron chi connectivity index (χ2n) is 11.6. The van der Waals surface area contributed by atoms with E-state index in [1.54, 1.807) is 24.3 Å². The molecule has 0 aliphatic carbocycles. The van der Waals surface area contributed by atoms with E-state index in [4.69, 9.17) is 9.47 Å². The van der Waals surface area contributed by atoms with E-state index in [2.05, 4.69) is 18.5 Å². The summed E-state index contributed by atoms with van der Waals surface area (Å²) in [6, 6.07) is 34.0. The SMILES string of the molecule is C=CCOC(=O)Nc1ccc(C(=O)C[C@@H]2[C@@H]([C@@H](C)O)C(=O)N2C(C(=O)OCC=C)=P(c2ccccc2)(c2ccccc2)c2ccccc2)cc1. The van der Waals surface area contributed by atoms with Gasteiger partial charge >= 0.3 is 12.1 Å². The monoisotopic (exact) mass is 690 g/mol. The number of Topliss-reactive ketones (excluding diaryl/α,β-unsaturated/α-hetero) is 1. The van der Waals surface area contributed by atoms with Crippen LogP contribution in [0.4, 0.5) is 10.5 Å². The number of rotatable bonds is 14. The molecule has 4 aromatic carbocycles. The van der Waals surface area contributed by atoms with Crippen molar-refractivity contribution >= 4 is 57.7 Å². The predicted molar refractivity (Wildman–Crippen MR) is 198 cm³/mol. The second kappa shape index (κ2) is 16.3. The number of esters is 1. The molecule has 5 rings (SSSR count). The largest absolute Gasteiger partial charge is 0.457 e. The van der Waals surface area contributed by atoms with Crippen molar-refractivity contribution < 1.29 is 33.8 Å². The Hall–Kier alpha value is -5.50. The van der Waals surface area contributed by atoms with Gasteiger partial charge in [0.2, 0.25) is 5.91 Å². The van der Waals surface area contributed by atoms with Gasteiger partial charge in [0.05, 0.1) is 18.1 Å². The van der Waals surface area contributed by atoms with Crippen LogP contribution in [0, 0.1) is 5.92 Å². The van der Waals surface area contributed by atoms with E-state index in [9.17, 15) is 24.3 Å². The molecule has 1 saturated heterocycles. The normalized spacial score (nSPS) is 16.0. The molecule has 50 heavy (non-hydrogen) atoms. The summed E-state index contributed by atoms with van der Waals surface area (Å²) >= 11 is 0. The van der Waals surface area contributed by atoms with Gasteiger partial charge in [0.25, 0.3) is 0 Å². The molecular weight excluding hydrogens is 651 g/mol. The van der Waals surface area contributed by atoms with Gasteiger partial charge < -0.3 is 19.5 Å². The number of anilines is 1. The Morgan fingerprint density at radius 2 is 1.28 bits per heavy atom. The second-order valence-corrected chi connectivity index (χ2v) is 15.0. The van der Waals surface area contributed by atoms with Crippen molar-refractivity contribution in [2.75, 3.05) is 18.5 Å². The third-order valence-corrected chi connectivity index (χ3v) is 12.7. The van der Waals surface area contributed by atoms with Crippen molar-refractivity contribution in [3.8, 4) is 0 Å². The fraction of sp³-hybridized carbons (Fsp3) is 0.175. The lowest BCUT2D eigenvalue weighted by molar-refractivity contribution is -0.157. The van der Waals surface area contributed by atoms with Crippen molar-refractivity contribution in [3.63, 3.8) is 0 Å². The molecule has 1 fully saturated rings. The van der Waals surface area contributed by atoms with Crippen molar-refractivity contribution in [3.05, 3.63) is 146 Å². The van der Waals surface area contributed by atoms with Crippen LogP contribution in [0.5, 0.6) is 0 Å². The molecule has 10 heteroatoms. The summed E-state index contributed by atoms with van der Waals surface area (Å²) in [5, 5.41) is 15.9. The van der Waals surface area contributed by atoms with Crippen LogP contribution in [0.1, 0.15) is 23.7 Å². The van der Waals surface area contributed by atoms with Gasteiger partial charge in [0.15, 0.2) is 5.78 Å². The summed E-state index contributed by atoms with van der Waals surface area (Å²) in [5.74, 6) is -2.47. The first kappa shape index (κ1) is 35.8. The van der Waals surface area contributed by atoms with Gasteiger partial charge in [-0.05, 0) is 47.1 Å². The number of ether oxygens (including phenoxy) is 2. The van der Waals surface area contributed by atoms with Crippen molar-refractivity contribution in [1.29, 1.82) is 0 Å². The number of aliphatic hydroxyl groups is 1. The lowest BCUT2D eigenvalue weighted by atomic mass is 9.79. The fourth-order valence-corrected chi connectivity index (χ4v) is 10.7. The number of hydrogen-bond acceptors (Lipinski definition) is 7. The van der Waals surface area contributed by atoms with Crippen LogP contribution in [0.3, 0.4) is 0 Å². The smallest absolute Gasteiger partial charge is 0.411 e. The molecule has 0 spiro atoms. The van der Waals surface area contributed by atoms with Gasteiger partial charge in [-0.2, -0.15) is 0 Å². The lowest BCUT2D eigenvalue weighted by Crippen LogP contribution is -2.68. The van der Waals surface area contributed by atoms with Crippen LogP contribution in [0.15, 0.2) is 141 Å². The number of amides is 2. The zero-order chi connectivity index (χ0) is 35.7. The Bertz CT molecular complexity index is 1810. The van der Waals surface area contributed by atoms with Gasteiger partial charge in [0.1, 0.15) is 18.6 Å². The molecule has 0 unspecified atom stereocenters. The van der Waals surface area contributed by atoms with E-state index >= 15 is 0 Å². The molecule has 0 radical (unpaired) electrons. The molecule has 2 amide bonds. The van der Waals surface area contributed by atoms with E-state index in [-0.39, 0.29) is 30.8 Å². The molecular formula is C40H39N2O7P. The number of aliphatic hydroxyl groups excluding tert-OH is 1. The Morgan fingerprint density at radius 3 is 1.74 bits per heavy atom. The molecule has 3 atom stereocenters. The topological polar surface area (TPSA) is 122 Å². The number of likely N-dealkylation sites (tertiary alicyclic amines) is 1. The molecule has 1 aliphatic rings. The minimum Gasteiger partial charge on any atom is -0.457 e. The summed E-state index contributed by atoms with van der Waals surface area (Å²) < 4.78 is 10.7. The molecule has 256 valence electrons. The minimum absolute atomic E-state index is 0.0476. The van der Waals surface area contributed by atoms with Crippen LogP contribution in [-0.4, -0.2) is 64.5 Å². The number of ketones is 1. The summed E-state index contributed by atoms with van der Waals surface area (Å²) in [5.41, 5.74) is 0.853. The average molecular weight is 691 g/mol. The number of benzene rings is 4. The van der Waals surface area contributed by atoms with Gasteiger partial charge in [-0.25, -0.2) is 9.59 Å². The third kappa shape index (κ3) is 7.25. The highest BCUT2D eigenvalue weighted by atomic mass is 31.2. The fourth-order valence-electron chi connectivity index (χ4n) is 6.28. The maximum Gasteiger partial charge on any atom is 0.411 e. The molecule has 1 heterocycles. The Labute approximate surface area is 291 Å². The zero-order valence-corrected chi connectivity index (χ0v) is 28.6. The van der Waals surface area contributed by atoms with Crippen LogP contribution in [0.25, 0.3) is 0 Å². The summed E-state index contributed by atoms with van der Waals surface area (Å²) in [6.45, 7) is 5.48. The number of hydrogen-bond donors (Lipinski definition) is 2. The molecule has 0 bridgehead atoms. The first-order valence-electron chi connectivity index (χ1n) is 16.1. The van der Waals surface area contributed by atoms with Crippen molar-refractivity contribution in [1.82, 2.24) is 4.90 Å². The third-order valence-electron chi connectivity index (χ3n) is 8.46. The van der Waals surface area contributed by atoms with E-state index < -0.39 is 42.9 Å². The highest BCUT2D eigenvalue weighted by Gasteiger charge is 2.55. The number of carbonyl (C=O) groups excluding carboxylic acids is 4. The van der Waals surface area contributed by atoms with Crippen molar-refractivity contribution in [2.24, 2.45) is 5.92 Å². The Balaban J connectivity index is 1.69. The maximum atomic E-state index is 14.5. The van der Waals surface area contributed by atoms with E-state index in [1.807, 2.05) is 91.0 Å². The van der Waals surface area contributed by atoms with Gasteiger partial charge in [-0.1, -0.05) is 116 Å². The van der Waals surface area contributed by atoms with Gasteiger partial charge in [-0.3, -0.25) is 14.9 Å². The quantitative estimate of drug-likeness (QED) is 0.0624. The van der Waals surface area contributed by atoms with Crippen LogP contribution < -0.4 is 21.2 Å². The molecule has 0 saturated carbocycles.